The summed E-state index contributed by atoms with van der Waals surface area (Å²) in [5.41, 5.74) is 5.07. The lowest BCUT2D eigenvalue weighted by molar-refractivity contribution is -0.383. The molecule has 0 unspecified atom stereocenters. The second-order valence-electron chi connectivity index (χ2n) is 6.25. The summed E-state index contributed by atoms with van der Waals surface area (Å²) >= 11 is 0. The Kier molecular flexibility index (Phi) is 5.84. The van der Waals surface area contributed by atoms with Gasteiger partial charge in [-0.15, -0.1) is 0 Å². The molecule has 1 fully saturated rings. The van der Waals surface area contributed by atoms with Crippen LogP contribution in [-0.4, -0.2) is 66.0 Å². The van der Waals surface area contributed by atoms with Crippen molar-refractivity contribution in [2.45, 2.75) is 0 Å². The zero-order valence-electron chi connectivity index (χ0n) is 15.6. The molecule has 2 N–H and O–H groups in total. The van der Waals surface area contributed by atoms with Gasteiger partial charge in [0.15, 0.2) is 0 Å². The van der Waals surface area contributed by atoms with Crippen LogP contribution in [0.1, 0.15) is 10.4 Å². The zero-order chi connectivity index (χ0) is 20.1. The standard InChI is InChI=1S/C17H21N7O4/c1-22-7-9-23(10-8-22)16-14(24(26)27)15(18-11-19-16)20-21-17(25)12-3-5-13(28-2)6-4-12/h3-6,11H,7-10H2,1-2H3,(H,21,25)(H,18,19,20). The second kappa shape index (κ2) is 8.48. The number of ether oxygens (including phenoxy) is 1. The van der Waals surface area contributed by atoms with Gasteiger partial charge in [-0.25, -0.2) is 9.97 Å². The molecule has 0 saturated carbocycles. The van der Waals surface area contributed by atoms with Crippen molar-refractivity contribution in [3.63, 3.8) is 0 Å². The summed E-state index contributed by atoms with van der Waals surface area (Å²) in [7, 11) is 3.52. The Balaban J connectivity index is 1.76. The monoisotopic (exact) mass is 387 g/mol. The third-order valence-electron chi connectivity index (χ3n) is 4.43. The van der Waals surface area contributed by atoms with Gasteiger partial charge in [-0.3, -0.25) is 25.8 Å². The molecule has 28 heavy (non-hydrogen) atoms. The van der Waals surface area contributed by atoms with Crippen LogP contribution >= 0.6 is 0 Å². The minimum absolute atomic E-state index is 0.0733. The molecule has 0 aliphatic carbocycles. The Morgan fingerprint density at radius 3 is 2.46 bits per heavy atom. The van der Waals surface area contributed by atoms with Crippen molar-refractivity contribution in [1.29, 1.82) is 0 Å². The Bertz CT molecular complexity index is 851. The number of nitrogens with zero attached hydrogens (tertiary/aromatic N) is 5. The number of hydrogen-bond acceptors (Lipinski definition) is 9. The number of aromatic nitrogens is 2. The number of piperazine rings is 1. The molecule has 1 aliphatic heterocycles. The van der Waals surface area contributed by atoms with Crippen LogP contribution in [0, 0.1) is 10.1 Å². The molecule has 2 heterocycles. The Labute approximate surface area is 161 Å². The van der Waals surface area contributed by atoms with E-state index in [0.717, 1.165) is 13.1 Å². The minimum atomic E-state index is -0.546. The van der Waals surface area contributed by atoms with E-state index in [2.05, 4.69) is 25.7 Å². The van der Waals surface area contributed by atoms with Gasteiger partial charge in [0.1, 0.15) is 12.1 Å². The number of rotatable bonds is 6. The van der Waals surface area contributed by atoms with Crippen LogP contribution < -0.4 is 20.5 Å². The molecule has 11 nitrogen and oxygen atoms in total. The molecular weight excluding hydrogens is 366 g/mol. The van der Waals surface area contributed by atoms with E-state index >= 15 is 0 Å². The van der Waals surface area contributed by atoms with Gasteiger partial charge in [-0.2, -0.15) is 0 Å². The lowest BCUT2D eigenvalue weighted by Crippen LogP contribution is -2.45. The molecule has 1 aromatic carbocycles. The maximum Gasteiger partial charge on any atom is 0.355 e. The van der Waals surface area contributed by atoms with Crippen molar-refractivity contribution < 1.29 is 14.5 Å². The van der Waals surface area contributed by atoms with Gasteiger partial charge >= 0.3 is 5.69 Å². The van der Waals surface area contributed by atoms with Crippen LogP contribution in [0.5, 0.6) is 5.75 Å². The number of anilines is 2. The average Bonchev–Trinajstić information content (AvgIpc) is 2.72. The second-order valence-corrected chi connectivity index (χ2v) is 6.25. The Morgan fingerprint density at radius 2 is 1.86 bits per heavy atom. The number of carbonyl (C=O) groups is 1. The van der Waals surface area contributed by atoms with Crippen LogP contribution in [0.4, 0.5) is 17.3 Å². The van der Waals surface area contributed by atoms with Crippen LogP contribution in [0.15, 0.2) is 30.6 Å². The number of benzene rings is 1. The zero-order valence-corrected chi connectivity index (χ0v) is 15.6. The van der Waals surface area contributed by atoms with Crippen molar-refractivity contribution in [3.05, 3.63) is 46.3 Å². The number of nitro groups is 1. The number of hydrazine groups is 1. The van der Waals surface area contributed by atoms with Gasteiger partial charge in [-0.05, 0) is 31.3 Å². The predicted octanol–water partition coefficient (Wildman–Crippen LogP) is 0.902. The summed E-state index contributed by atoms with van der Waals surface area (Å²) in [6.45, 7) is 2.79. The summed E-state index contributed by atoms with van der Waals surface area (Å²) in [6, 6.07) is 6.46. The van der Waals surface area contributed by atoms with E-state index in [-0.39, 0.29) is 17.3 Å². The van der Waals surface area contributed by atoms with Crippen molar-refractivity contribution in [3.8, 4) is 5.75 Å². The first-order chi connectivity index (χ1) is 13.5. The maximum absolute atomic E-state index is 12.3. The molecule has 1 saturated heterocycles. The van der Waals surface area contributed by atoms with Gasteiger partial charge < -0.3 is 14.5 Å². The fraction of sp³-hybridized carbons (Fsp3) is 0.353. The smallest absolute Gasteiger partial charge is 0.355 e. The molecule has 1 amide bonds. The molecule has 0 radical (unpaired) electrons. The highest BCUT2D eigenvalue weighted by Crippen LogP contribution is 2.31. The Hall–Kier alpha value is -3.47. The lowest BCUT2D eigenvalue weighted by atomic mass is 10.2. The van der Waals surface area contributed by atoms with Crippen molar-refractivity contribution >= 4 is 23.2 Å². The molecular formula is C17H21N7O4. The SMILES string of the molecule is COc1ccc(C(=O)NNc2ncnc(N3CCN(C)CC3)c2[N+](=O)[O-])cc1. The van der Waals surface area contributed by atoms with E-state index in [1.165, 1.54) is 13.4 Å². The minimum Gasteiger partial charge on any atom is -0.497 e. The number of methoxy groups -OCH3 is 1. The van der Waals surface area contributed by atoms with Crippen LogP contribution in [-0.2, 0) is 0 Å². The van der Waals surface area contributed by atoms with Gasteiger partial charge in [0.25, 0.3) is 5.91 Å². The third kappa shape index (κ3) is 4.26. The summed E-state index contributed by atoms with van der Waals surface area (Å²) in [5, 5.41) is 11.7. The molecule has 3 rings (SSSR count). The van der Waals surface area contributed by atoms with Crippen LogP contribution in [0.25, 0.3) is 0 Å². The van der Waals surface area contributed by atoms with Crippen LogP contribution in [0.2, 0.25) is 0 Å². The molecule has 0 bridgehead atoms. The molecule has 1 aliphatic rings. The largest absolute Gasteiger partial charge is 0.497 e. The van der Waals surface area contributed by atoms with Gasteiger partial charge in [0.05, 0.1) is 12.0 Å². The molecule has 0 atom stereocenters. The number of amides is 1. The lowest BCUT2D eigenvalue weighted by Gasteiger charge is -2.32. The fourth-order valence-electron chi connectivity index (χ4n) is 2.81. The number of nitrogens with one attached hydrogen (secondary N) is 2. The summed E-state index contributed by atoms with van der Waals surface area (Å²) < 4.78 is 5.05. The highest BCUT2D eigenvalue weighted by atomic mass is 16.6. The first-order valence-electron chi connectivity index (χ1n) is 8.63. The van der Waals surface area contributed by atoms with Crippen LogP contribution in [0.3, 0.4) is 0 Å². The number of likely N-dealkylation sites (N-methyl/N-ethyl adjacent to an activating group) is 1. The van der Waals surface area contributed by atoms with Crippen molar-refractivity contribution in [2.75, 3.05) is 50.7 Å². The third-order valence-corrected chi connectivity index (χ3v) is 4.43. The first-order valence-corrected chi connectivity index (χ1v) is 8.63. The average molecular weight is 387 g/mol. The number of carbonyl (C=O) groups excluding carboxylic acids is 1. The van der Waals surface area contributed by atoms with E-state index in [1.54, 1.807) is 24.3 Å². The maximum atomic E-state index is 12.3. The molecule has 11 heteroatoms. The van der Waals surface area contributed by atoms with E-state index in [0.29, 0.717) is 24.4 Å². The molecule has 1 aromatic heterocycles. The molecule has 2 aromatic rings. The highest BCUT2D eigenvalue weighted by molar-refractivity contribution is 5.95. The van der Waals surface area contributed by atoms with E-state index in [1.807, 2.05) is 11.9 Å². The fourth-order valence-corrected chi connectivity index (χ4v) is 2.81. The molecule has 148 valence electrons. The topological polar surface area (TPSA) is 126 Å². The van der Waals surface area contributed by atoms with Crippen molar-refractivity contribution in [2.24, 2.45) is 0 Å². The van der Waals surface area contributed by atoms with E-state index in [9.17, 15) is 14.9 Å². The predicted molar refractivity (Wildman–Crippen MR) is 102 cm³/mol. The Morgan fingerprint density at radius 1 is 1.18 bits per heavy atom. The van der Waals surface area contributed by atoms with E-state index < -0.39 is 10.8 Å². The normalized spacial score (nSPS) is 14.4. The summed E-state index contributed by atoms with van der Waals surface area (Å²) in [5.74, 6) is 0.314. The quantitative estimate of drug-likeness (QED) is 0.549. The molecule has 0 spiro atoms. The first kappa shape index (κ1) is 19.3. The van der Waals surface area contributed by atoms with Gasteiger partial charge in [-0.1, -0.05) is 0 Å². The number of hydrogen-bond donors (Lipinski definition) is 2. The van der Waals surface area contributed by atoms with Gasteiger partial charge in [0.2, 0.25) is 11.6 Å². The van der Waals surface area contributed by atoms with Gasteiger partial charge in [0, 0.05) is 31.7 Å². The summed E-state index contributed by atoms with van der Waals surface area (Å²) in [6.07, 6.45) is 1.24. The van der Waals surface area contributed by atoms with Crippen molar-refractivity contribution in [1.82, 2.24) is 20.3 Å². The van der Waals surface area contributed by atoms with E-state index in [4.69, 9.17) is 4.74 Å². The highest BCUT2D eigenvalue weighted by Gasteiger charge is 2.29. The summed E-state index contributed by atoms with van der Waals surface area (Å²) in [4.78, 5) is 35.4.